The maximum absolute atomic E-state index is 12.8. The molecule has 1 unspecified atom stereocenters. The Morgan fingerprint density at radius 3 is 2.76 bits per heavy atom. The zero-order valence-corrected chi connectivity index (χ0v) is 16.6. The van der Waals surface area contributed by atoms with Crippen molar-refractivity contribution < 1.29 is 22.7 Å². The molecule has 0 aliphatic rings. The first kappa shape index (κ1) is 20.8. The number of hydrogen-bond acceptors (Lipinski definition) is 6. The molecule has 1 amide bonds. The van der Waals surface area contributed by atoms with Crippen molar-refractivity contribution >= 4 is 17.2 Å². The van der Waals surface area contributed by atoms with Crippen LogP contribution < -0.4 is 10.1 Å². The van der Waals surface area contributed by atoms with Gasteiger partial charge in [-0.2, -0.15) is 18.3 Å². The summed E-state index contributed by atoms with van der Waals surface area (Å²) in [5.74, 6) is -0.166. The summed E-state index contributed by atoms with van der Waals surface area (Å²) >= 11 is 1.36. The number of carbonyl (C=O) groups is 1. The number of ether oxygens (including phenoxy) is 1. The van der Waals surface area contributed by atoms with E-state index in [1.54, 1.807) is 31.5 Å². The SMILES string of the molecule is CCOc1cc(-c2ncc(C(C)NC(=O)c3cc(C(F)(F)F)nn3C)s2)ccn1. The van der Waals surface area contributed by atoms with Crippen LogP contribution >= 0.6 is 11.3 Å². The third-order valence-electron chi connectivity index (χ3n) is 3.97. The van der Waals surface area contributed by atoms with E-state index in [9.17, 15) is 18.0 Å². The van der Waals surface area contributed by atoms with Gasteiger partial charge >= 0.3 is 6.18 Å². The quantitative estimate of drug-likeness (QED) is 0.649. The van der Waals surface area contributed by atoms with Gasteiger partial charge in [0, 0.05) is 42.0 Å². The van der Waals surface area contributed by atoms with E-state index in [-0.39, 0.29) is 5.69 Å². The maximum atomic E-state index is 12.8. The zero-order chi connectivity index (χ0) is 21.2. The second kappa shape index (κ2) is 8.19. The third kappa shape index (κ3) is 4.73. The van der Waals surface area contributed by atoms with Crippen LogP contribution in [0.2, 0.25) is 0 Å². The van der Waals surface area contributed by atoms with E-state index >= 15 is 0 Å². The molecule has 0 saturated carbocycles. The van der Waals surface area contributed by atoms with Gasteiger partial charge in [0.2, 0.25) is 5.88 Å². The van der Waals surface area contributed by atoms with E-state index in [0.717, 1.165) is 21.2 Å². The highest BCUT2D eigenvalue weighted by Crippen LogP contribution is 2.31. The molecule has 0 radical (unpaired) electrons. The minimum absolute atomic E-state index is 0.176. The van der Waals surface area contributed by atoms with Gasteiger partial charge in [0.15, 0.2) is 5.69 Å². The number of alkyl halides is 3. The number of thiazole rings is 1. The number of amides is 1. The molecule has 0 aliphatic carbocycles. The van der Waals surface area contributed by atoms with Gasteiger partial charge in [-0.05, 0) is 19.9 Å². The number of carbonyl (C=O) groups excluding carboxylic acids is 1. The van der Waals surface area contributed by atoms with Crippen LogP contribution in [0, 0.1) is 0 Å². The number of aryl methyl sites for hydroxylation is 1. The van der Waals surface area contributed by atoms with Gasteiger partial charge in [-0.3, -0.25) is 9.48 Å². The van der Waals surface area contributed by atoms with Crippen LogP contribution in [0.5, 0.6) is 5.88 Å². The normalized spacial score (nSPS) is 12.6. The molecule has 3 heterocycles. The summed E-state index contributed by atoms with van der Waals surface area (Å²) in [6, 6.07) is 3.84. The van der Waals surface area contributed by atoms with Crippen molar-refractivity contribution in [3.63, 3.8) is 0 Å². The molecule has 7 nitrogen and oxygen atoms in total. The lowest BCUT2D eigenvalue weighted by Crippen LogP contribution is -2.27. The Labute approximate surface area is 168 Å². The Hall–Kier alpha value is -2.95. The van der Waals surface area contributed by atoms with Crippen LogP contribution in [0.4, 0.5) is 13.2 Å². The molecule has 29 heavy (non-hydrogen) atoms. The predicted octanol–water partition coefficient (Wildman–Crippen LogP) is 3.85. The number of halogens is 3. The summed E-state index contributed by atoms with van der Waals surface area (Å²) in [6.07, 6.45) is -1.37. The Balaban J connectivity index is 1.74. The lowest BCUT2D eigenvalue weighted by molar-refractivity contribution is -0.141. The van der Waals surface area contributed by atoms with Crippen LogP contribution in [0.25, 0.3) is 10.6 Å². The first-order valence-corrected chi connectivity index (χ1v) is 9.47. The minimum Gasteiger partial charge on any atom is -0.478 e. The van der Waals surface area contributed by atoms with Crippen molar-refractivity contribution in [3.8, 4) is 16.5 Å². The highest BCUT2D eigenvalue weighted by molar-refractivity contribution is 7.15. The van der Waals surface area contributed by atoms with Gasteiger partial charge < -0.3 is 10.1 Å². The summed E-state index contributed by atoms with van der Waals surface area (Å²) in [5, 5.41) is 6.75. The van der Waals surface area contributed by atoms with Crippen molar-refractivity contribution in [2.24, 2.45) is 7.05 Å². The molecule has 0 aromatic carbocycles. The second-order valence-electron chi connectivity index (χ2n) is 6.11. The van der Waals surface area contributed by atoms with Crippen molar-refractivity contribution in [2.75, 3.05) is 6.61 Å². The summed E-state index contributed by atoms with van der Waals surface area (Å²) in [7, 11) is 1.29. The maximum Gasteiger partial charge on any atom is 0.435 e. The van der Waals surface area contributed by atoms with E-state index < -0.39 is 23.8 Å². The molecule has 3 rings (SSSR count). The van der Waals surface area contributed by atoms with Gasteiger partial charge in [-0.15, -0.1) is 11.3 Å². The van der Waals surface area contributed by atoms with Gasteiger partial charge in [0.1, 0.15) is 10.7 Å². The van der Waals surface area contributed by atoms with Crippen LogP contribution in [-0.2, 0) is 13.2 Å². The summed E-state index contributed by atoms with van der Waals surface area (Å²) in [5.41, 5.74) is -0.468. The Kier molecular flexibility index (Phi) is 5.87. The third-order valence-corrected chi connectivity index (χ3v) is 5.20. The minimum atomic E-state index is -4.61. The molecule has 1 N–H and O–H groups in total. The largest absolute Gasteiger partial charge is 0.478 e. The van der Waals surface area contributed by atoms with Crippen molar-refractivity contribution in [1.82, 2.24) is 25.1 Å². The molecular formula is C18H18F3N5O2S. The molecule has 11 heteroatoms. The molecule has 3 aromatic heterocycles. The molecule has 0 bridgehead atoms. The molecule has 154 valence electrons. The van der Waals surface area contributed by atoms with Crippen molar-refractivity contribution in [1.29, 1.82) is 0 Å². The molecule has 3 aromatic rings. The highest BCUT2D eigenvalue weighted by Gasteiger charge is 2.35. The molecule has 0 fully saturated rings. The number of pyridine rings is 1. The van der Waals surface area contributed by atoms with Gasteiger partial charge in [-0.1, -0.05) is 0 Å². The van der Waals surface area contributed by atoms with Crippen LogP contribution in [0.1, 0.15) is 40.9 Å². The van der Waals surface area contributed by atoms with E-state index in [0.29, 0.717) is 17.5 Å². The lowest BCUT2D eigenvalue weighted by Gasteiger charge is -2.11. The highest BCUT2D eigenvalue weighted by atomic mass is 32.1. The molecule has 0 spiro atoms. The summed E-state index contributed by atoms with van der Waals surface area (Å²) in [4.78, 5) is 21.6. The number of aromatic nitrogens is 4. The Morgan fingerprint density at radius 1 is 1.34 bits per heavy atom. The Morgan fingerprint density at radius 2 is 2.10 bits per heavy atom. The molecule has 0 aliphatic heterocycles. The lowest BCUT2D eigenvalue weighted by atomic mass is 10.2. The van der Waals surface area contributed by atoms with Gasteiger partial charge in [0.05, 0.1) is 12.6 Å². The number of nitrogens with one attached hydrogen (secondary N) is 1. The van der Waals surface area contributed by atoms with Gasteiger partial charge in [0.25, 0.3) is 5.91 Å². The topological polar surface area (TPSA) is 81.9 Å². The molecular weight excluding hydrogens is 407 g/mol. The van der Waals surface area contributed by atoms with Gasteiger partial charge in [-0.25, -0.2) is 9.97 Å². The van der Waals surface area contributed by atoms with E-state index in [4.69, 9.17) is 4.74 Å². The van der Waals surface area contributed by atoms with E-state index in [1.807, 2.05) is 6.92 Å². The predicted molar refractivity (Wildman–Crippen MR) is 101 cm³/mol. The molecule has 0 saturated heterocycles. The monoisotopic (exact) mass is 425 g/mol. The zero-order valence-electron chi connectivity index (χ0n) is 15.8. The number of nitrogens with zero attached hydrogens (tertiary/aromatic N) is 4. The van der Waals surface area contributed by atoms with Crippen LogP contribution in [0.15, 0.2) is 30.6 Å². The van der Waals surface area contributed by atoms with Crippen LogP contribution in [0.3, 0.4) is 0 Å². The van der Waals surface area contributed by atoms with Crippen molar-refractivity contribution in [2.45, 2.75) is 26.1 Å². The van der Waals surface area contributed by atoms with Crippen LogP contribution in [-0.4, -0.2) is 32.3 Å². The first-order valence-electron chi connectivity index (χ1n) is 8.66. The number of rotatable bonds is 6. The van der Waals surface area contributed by atoms with E-state index in [2.05, 4.69) is 20.4 Å². The summed E-state index contributed by atoms with van der Waals surface area (Å²) < 4.78 is 44.6. The summed E-state index contributed by atoms with van der Waals surface area (Å²) in [6.45, 7) is 4.08. The number of hydrogen-bond donors (Lipinski definition) is 1. The second-order valence-corrected chi connectivity index (χ2v) is 7.18. The average molecular weight is 425 g/mol. The fourth-order valence-electron chi connectivity index (χ4n) is 2.55. The molecule has 1 atom stereocenters. The fourth-order valence-corrected chi connectivity index (χ4v) is 3.46. The van der Waals surface area contributed by atoms with E-state index in [1.165, 1.54) is 18.4 Å². The standard InChI is InChI=1S/C18H18F3N5O2S/c1-4-28-15-7-11(5-6-22-15)17-23-9-13(29-17)10(2)24-16(27)12-8-14(18(19,20)21)25-26(12)3/h5-10H,4H2,1-3H3,(H,24,27). The first-order chi connectivity index (χ1) is 13.7. The average Bonchev–Trinajstić information content (AvgIpc) is 3.29. The van der Waals surface area contributed by atoms with Crippen molar-refractivity contribution in [3.05, 3.63) is 46.9 Å². The smallest absolute Gasteiger partial charge is 0.435 e. The Bertz CT molecular complexity index is 1020. The fraction of sp³-hybridized carbons (Fsp3) is 0.333.